The number of hydrogen-bond donors (Lipinski definition) is 2. The van der Waals surface area contributed by atoms with Crippen LogP contribution in [0.4, 0.5) is 10.3 Å². The lowest BCUT2D eigenvalue weighted by molar-refractivity contribution is 0.0942. The zero-order chi connectivity index (χ0) is 18.7. The van der Waals surface area contributed by atoms with Gasteiger partial charge in [0.25, 0.3) is 11.5 Å². The third-order valence-corrected chi connectivity index (χ3v) is 4.36. The number of halogens is 1. The van der Waals surface area contributed by atoms with Crippen molar-refractivity contribution >= 4 is 11.9 Å². The molecule has 1 aliphatic heterocycles. The minimum absolute atomic E-state index is 0.137. The summed E-state index contributed by atoms with van der Waals surface area (Å²) in [4.78, 5) is 30.9. The summed E-state index contributed by atoms with van der Waals surface area (Å²) >= 11 is 0. The number of carbonyl (C=O) groups is 1. The molecule has 1 aliphatic rings. The summed E-state index contributed by atoms with van der Waals surface area (Å²) < 4.78 is 14.3. The minimum Gasteiger partial charge on any atom is -0.501 e. The molecule has 0 aliphatic carbocycles. The molecule has 0 saturated heterocycles. The van der Waals surface area contributed by atoms with Gasteiger partial charge in [-0.3, -0.25) is 14.2 Å². The van der Waals surface area contributed by atoms with Gasteiger partial charge in [0.1, 0.15) is 5.82 Å². The number of aromatic nitrogens is 2. The standard InChI is InChI=1S/C18H21FN4O3/c1-2-3-8-22-9-10-23-17(26)15(24)14(21-18(22)23)16(25)20-11-12-4-6-13(19)7-5-12/h4-7,24H,2-3,8-11H2,1H3,(H,20,25). The largest absolute Gasteiger partial charge is 0.501 e. The molecule has 2 heterocycles. The number of nitrogens with one attached hydrogen (secondary N) is 1. The van der Waals surface area contributed by atoms with E-state index in [1.54, 1.807) is 12.1 Å². The zero-order valence-electron chi connectivity index (χ0n) is 14.5. The van der Waals surface area contributed by atoms with Crippen molar-refractivity contribution < 1.29 is 14.3 Å². The third-order valence-electron chi connectivity index (χ3n) is 4.36. The van der Waals surface area contributed by atoms with Crippen LogP contribution in [0.5, 0.6) is 5.75 Å². The predicted octanol–water partition coefficient (Wildman–Crippen LogP) is 1.64. The van der Waals surface area contributed by atoms with Crippen molar-refractivity contribution in [2.45, 2.75) is 32.9 Å². The molecule has 0 spiro atoms. The number of carbonyl (C=O) groups excluding carboxylic acids is 1. The Morgan fingerprint density at radius 3 is 2.73 bits per heavy atom. The number of benzene rings is 1. The van der Waals surface area contributed by atoms with Gasteiger partial charge in [-0.25, -0.2) is 9.37 Å². The quantitative estimate of drug-likeness (QED) is 0.818. The van der Waals surface area contributed by atoms with Gasteiger partial charge in [-0.05, 0) is 24.1 Å². The average Bonchev–Trinajstić information content (AvgIpc) is 3.05. The van der Waals surface area contributed by atoms with Crippen molar-refractivity contribution in [1.29, 1.82) is 0 Å². The molecule has 0 fully saturated rings. The van der Waals surface area contributed by atoms with Gasteiger partial charge in [-0.15, -0.1) is 0 Å². The highest BCUT2D eigenvalue weighted by Gasteiger charge is 2.27. The second kappa shape index (κ2) is 7.55. The smallest absolute Gasteiger partial charge is 0.298 e. The second-order valence-corrected chi connectivity index (χ2v) is 6.22. The van der Waals surface area contributed by atoms with E-state index in [2.05, 4.69) is 17.2 Å². The molecule has 7 nitrogen and oxygen atoms in total. The molecule has 2 N–H and O–H groups in total. The van der Waals surface area contributed by atoms with Crippen molar-refractivity contribution in [3.63, 3.8) is 0 Å². The van der Waals surface area contributed by atoms with Crippen LogP contribution >= 0.6 is 0 Å². The van der Waals surface area contributed by atoms with E-state index in [-0.39, 0.29) is 18.1 Å². The Kier molecular flexibility index (Phi) is 5.20. The molecule has 0 saturated carbocycles. The van der Waals surface area contributed by atoms with Gasteiger partial charge in [0.05, 0.1) is 0 Å². The van der Waals surface area contributed by atoms with Gasteiger partial charge >= 0.3 is 0 Å². The molecule has 0 bridgehead atoms. The summed E-state index contributed by atoms with van der Waals surface area (Å²) in [7, 11) is 0. The molecule has 0 unspecified atom stereocenters. The summed E-state index contributed by atoms with van der Waals surface area (Å²) in [5, 5.41) is 12.7. The van der Waals surface area contributed by atoms with E-state index in [4.69, 9.17) is 0 Å². The summed E-state index contributed by atoms with van der Waals surface area (Å²) in [5.74, 6) is -1.25. The summed E-state index contributed by atoms with van der Waals surface area (Å²) in [6, 6.07) is 5.69. The maximum absolute atomic E-state index is 12.9. The Balaban J connectivity index is 1.80. The zero-order valence-corrected chi connectivity index (χ0v) is 14.5. The number of aromatic hydroxyl groups is 1. The Labute approximate surface area is 150 Å². The predicted molar refractivity (Wildman–Crippen MR) is 94.9 cm³/mol. The second-order valence-electron chi connectivity index (χ2n) is 6.22. The molecule has 1 aromatic carbocycles. The number of unbranched alkanes of at least 4 members (excludes halogenated alkanes) is 1. The highest BCUT2D eigenvalue weighted by Crippen LogP contribution is 2.21. The van der Waals surface area contributed by atoms with Crippen LogP contribution in [0.2, 0.25) is 0 Å². The Bertz CT molecular complexity index is 864. The first kappa shape index (κ1) is 17.9. The SMILES string of the molecule is CCCCN1CCn2c1nc(C(=O)NCc1ccc(F)cc1)c(O)c2=O. The molecule has 2 aromatic rings. The van der Waals surface area contributed by atoms with Crippen molar-refractivity contribution in [3.8, 4) is 5.75 Å². The molecule has 26 heavy (non-hydrogen) atoms. The van der Waals surface area contributed by atoms with E-state index in [9.17, 15) is 19.1 Å². The van der Waals surface area contributed by atoms with E-state index in [1.807, 2.05) is 4.90 Å². The molecule has 0 radical (unpaired) electrons. The first-order valence-electron chi connectivity index (χ1n) is 8.62. The minimum atomic E-state index is -0.650. The first-order chi connectivity index (χ1) is 12.5. The van der Waals surface area contributed by atoms with Crippen LogP contribution < -0.4 is 15.8 Å². The third kappa shape index (κ3) is 3.54. The van der Waals surface area contributed by atoms with E-state index in [0.717, 1.165) is 19.4 Å². The van der Waals surface area contributed by atoms with Crippen LogP contribution in [-0.2, 0) is 13.1 Å². The average molecular weight is 360 g/mol. The number of hydrogen-bond acceptors (Lipinski definition) is 5. The fourth-order valence-corrected chi connectivity index (χ4v) is 2.88. The van der Waals surface area contributed by atoms with Crippen LogP contribution in [-0.4, -0.2) is 33.7 Å². The lowest BCUT2D eigenvalue weighted by Gasteiger charge is -2.17. The fraction of sp³-hybridized carbons (Fsp3) is 0.389. The monoisotopic (exact) mass is 360 g/mol. The van der Waals surface area contributed by atoms with Crippen molar-refractivity contribution in [2.75, 3.05) is 18.0 Å². The lowest BCUT2D eigenvalue weighted by Crippen LogP contribution is -2.30. The topological polar surface area (TPSA) is 87.5 Å². The molecule has 1 amide bonds. The van der Waals surface area contributed by atoms with Crippen molar-refractivity contribution in [3.05, 3.63) is 51.7 Å². The van der Waals surface area contributed by atoms with E-state index >= 15 is 0 Å². The summed E-state index contributed by atoms with van der Waals surface area (Å²) in [5.41, 5.74) is -0.200. The van der Waals surface area contributed by atoms with E-state index < -0.39 is 17.2 Å². The molecule has 0 atom stereocenters. The highest BCUT2D eigenvalue weighted by molar-refractivity contribution is 5.95. The van der Waals surface area contributed by atoms with Crippen LogP contribution in [0.15, 0.2) is 29.1 Å². The van der Waals surface area contributed by atoms with Crippen LogP contribution in [0.25, 0.3) is 0 Å². The molecular weight excluding hydrogens is 339 g/mol. The van der Waals surface area contributed by atoms with Gasteiger partial charge in [0.15, 0.2) is 5.69 Å². The maximum atomic E-state index is 12.9. The fourth-order valence-electron chi connectivity index (χ4n) is 2.88. The van der Waals surface area contributed by atoms with Gasteiger partial charge in [0, 0.05) is 26.2 Å². The van der Waals surface area contributed by atoms with Crippen molar-refractivity contribution in [2.24, 2.45) is 0 Å². The van der Waals surface area contributed by atoms with Crippen LogP contribution in [0.1, 0.15) is 35.8 Å². The number of rotatable bonds is 6. The lowest BCUT2D eigenvalue weighted by atomic mass is 10.2. The Morgan fingerprint density at radius 2 is 2.04 bits per heavy atom. The number of amides is 1. The normalized spacial score (nSPS) is 12.9. The van der Waals surface area contributed by atoms with Crippen LogP contribution in [0.3, 0.4) is 0 Å². The van der Waals surface area contributed by atoms with Gasteiger partial charge in [0.2, 0.25) is 11.7 Å². The maximum Gasteiger partial charge on any atom is 0.298 e. The molecule has 1 aromatic heterocycles. The van der Waals surface area contributed by atoms with Gasteiger partial charge in [-0.2, -0.15) is 0 Å². The van der Waals surface area contributed by atoms with Gasteiger partial charge < -0.3 is 15.3 Å². The number of anilines is 1. The Hall–Kier alpha value is -2.90. The first-order valence-corrected chi connectivity index (χ1v) is 8.62. The highest BCUT2D eigenvalue weighted by atomic mass is 19.1. The van der Waals surface area contributed by atoms with E-state index in [0.29, 0.717) is 24.6 Å². The van der Waals surface area contributed by atoms with Crippen molar-refractivity contribution in [1.82, 2.24) is 14.9 Å². The molecular formula is C18H21FN4O3. The van der Waals surface area contributed by atoms with Crippen LogP contribution in [0, 0.1) is 5.82 Å². The molecule has 138 valence electrons. The Morgan fingerprint density at radius 1 is 1.31 bits per heavy atom. The number of nitrogens with zero attached hydrogens (tertiary/aromatic N) is 3. The van der Waals surface area contributed by atoms with Gasteiger partial charge in [-0.1, -0.05) is 25.5 Å². The molecule has 3 rings (SSSR count). The molecule has 8 heteroatoms. The summed E-state index contributed by atoms with van der Waals surface area (Å²) in [6.07, 6.45) is 1.95. The van der Waals surface area contributed by atoms with E-state index in [1.165, 1.54) is 16.7 Å². The summed E-state index contributed by atoms with van der Waals surface area (Å²) in [6.45, 7) is 4.02. The number of fused-ring (bicyclic) bond motifs is 1.